The lowest BCUT2D eigenvalue weighted by molar-refractivity contribution is 0.112. The molecule has 0 aliphatic heterocycles. The highest BCUT2D eigenvalue weighted by atomic mass is 19.1. The maximum atomic E-state index is 13.4. The summed E-state index contributed by atoms with van der Waals surface area (Å²) in [6.45, 7) is 0.403. The minimum atomic E-state index is -0.523. The van der Waals surface area contributed by atoms with E-state index in [0.29, 0.717) is 12.9 Å². The van der Waals surface area contributed by atoms with Crippen LogP contribution in [0.5, 0.6) is 5.75 Å². The molecule has 20 heavy (non-hydrogen) atoms. The summed E-state index contributed by atoms with van der Waals surface area (Å²) < 4.78 is 23.7. The molecule has 0 radical (unpaired) electrons. The van der Waals surface area contributed by atoms with Crippen molar-refractivity contribution < 1.29 is 18.7 Å². The van der Waals surface area contributed by atoms with E-state index in [1.807, 2.05) is 18.2 Å². The highest BCUT2D eigenvalue weighted by molar-refractivity contribution is 5.80. The van der Waals surface area contributed by atoms with E-state index in [0.717, 1.165) is 22.4 Å². The SMILES string of the molecule is COCc1cc(OC)ccc1-c1ccc(F)c(C=O)c1. The standard InChI is InChI=1S/C16H15FO3/c1-19-10-13-8-14(20-2)4-5-15(13)11-3-6-16(17)12(7-11)9-18/h3-9H,10H2,1-2H3. The van der Waals surface area contributed by atoms with Gasteiger partial charge in [-0.05, 0) is 41.0 Å². The van der Waals surface area contributed by atoms with Crippen molar-refractivity contribution in [1.82, 2.24) is 0 Å². The molecule has 0 heterocycles. The summed E-state index contributed by atoms with van der Waals surface area (Å²) in [6.07, 6.45) is 0.512. The lowest BCUT2D eigenvalue weighted by Crippen LogP contribution is -1.95. The van der Waals surface area contributed by atoms with E-state index < -0.39 is 5.82 Å². The molecule has 3 nitrogen and oxygen atoms in total. The molecule has 0 unspecified atom stereocenters. The molecule has 0 amide bonds. The molecule has 0 saturated carbocycles. The third kappa shape index (κ3) is 2.86. The number of carbonyl (C=O) groups excluding carboxylic acids is 1. The molecule has 104 valence electrons. The van der Waals surface area contributed by atoms with Crippen LogP contribution in [0.2, 0.25) is 0 Å². The van der Waals surface area contributed by atoms with E-state index in [4.69, 9.17) is 9.47 Å². The van der Waals surface area contributed by atoms with Gasteiger partial charge in [-0.15, -0.1) is 0 Å². The van der Waals surface area contributed by atoms with Gasteiger partial charge >= 0.3 is 0 Å². The number of hydrogen-bond donors (Lipinski definition) is 0. The Kier molecular flexibility index (Phi) is 4.48. The number of aldehydes is 1. The molecule has 4 heteroatoms. The molecule has 0 fully saturated rings. The van der Waals surface area contributed by atoms with Crippen molar-refractivity contribution in [3.8, 4) is 16.9 Å². The number of methoxy groups -OCH3 is 2. The van der Waals surface area contributed by atoms with Gasteiger partial charge in [0, 0.05) is 7.11 Å². The second kappa shape index (κ2) is 6.30. The average molecular weight is 274 g/mol. The smallest absolute Gasteiger partial charge is 0.153 e. The van der Waals surface area contributed by atoms with E-state index in [2.05, 4.69) is 0 Å². The second-order valence-electron chi connectivity index (χ2n) is 4.31. The van der Waals surface area contributed by atoms with Crippen LogP contribution in [0.25, 0.3) is 11.1 Å². The Morgan fingerprint density at radius 3 is 2.60 bits per heavy atom. The fourth-order valence-electron chi connectivity index (χ4n) is 2.06. The van der Waals surface area contributed by atoms with E-state index in [9.17, 15) is 9.18 Å². The molecule has 2 rings (SSSR count). The minimum Gasteiger partial charge on any atom is -0.497 e. The maximum Gasteiger partial charge on any atom is 0.153 e. The highest BCUT2D eigenvalue weighted by Crippen LogP contribution is 2.29. The summed E-state index contributed by atoms with van der Waals surface area (Å²) in [5.74, 6) is 0.198. The Bertz CT molecular complexity index is 623. The third-order valence-corrected chi connectivity index (χ3v) is 3.05. The Morgan fingerprint density at radius 2 is 1.95 bits per heavy atom. The van der Waals surface area contributed by atoms with Gasteiger partial charge in [0.2, 0.25) is 0 Å². The van der Waals surface area contributed by atoms with Crippen LogP contribution in [0.15, 0.2) is 36.4 Å². The first-order valence-corrected chi connectivity index (χ1v) is 6.10. The number of benzene rings is 2. The van der Waals surface area contributed by atoms with E-state index in [-0.39, 0.29) is 5.56 Å². The van der Waals surface area contributed by atoms with Crippen LogP contribution < -0.4 is 4.74 Å². The molecule has 0 aliphatic rings. The molecular weight excluding hydrogens is 259 g/mol. The molecule has 0 bridgehead atoms. The normalized spacial score (nSPS) is 10.3. The average Bonchev–Trinajstić information content (AvgIpc) is 2.48. The largest absolute Gasteiger partial charge is 0.497 e. The van der Waals surface area contributed by atoms with Crippen LogP contribution in [0.4, 0.5) is 4.39 Å². The van der Waals surface area contributed by atoms with Gasteiger partial charge in [-0.1, -0.05) is 12.1 Å². The summed E-state index contributed by atoms with van der Waals surface area (Å²) >= 11 is 0. The minimum absolute atomic E-state index is 0.0432. The Balaban J connectivity index is 2.53. The summed E-state index contributed by atoms with van der Waals surface area (Å²) in [5, 5.41) is 0. The third-order valence-electron chi connectivity index (χ3n) is 3.05. The predicted octanol–water partition coefficient (Wildman–Crippen LogP) is 3.46. The van der Waals surface area contributed by atoms with Crippen molar-refractivity contribution in [2.75, 3.05) is 14.2 Å². The van der Waals surface area contributed by atoms with Crippen molar-refractivity contribution in [2.24, 2.45) is 0 Å². The van der Waals surface area contributed by atoms with Gasteiger partial charge in [-0.3, -0.25) is 4.79 Å². The Hall–Kier alpha value is -2.20. The molecule has 2 aromatic rings. The van der Waals surface area contributed by atoms with Gasteiger partial charge in [-0.2, -0.15) is 0 Å². The Morgan fingerprint density at radius 1 is 1.15 bits per heavy atom. The fourth-order valence-corrected chi connectivity index (χ4v) is 2.06. The van der Waals surface area contributed by atoms with Gasteiger partial charge in [-0.25, -0.2) is 4.39 Å². The second-order valence-corrected chi connectivity index (χ2v) is 4.31. The number of hydrogen-bond acceptors (Lipinski definition) is 3. The zero-order valence-electron chi connectivity index (χ0n) is 11.4. The molecule has 2 aromatic carbocycles. The van der Waals surface area contributed by atoms with Crippen LogP contribution in [0.1, 0.15) is 15.9 Å². The van der Waals surface area contributed by atoms with Crippen molar-refractivity contribution in [3.05, 3.63) is 53.3 Å². The topological polar surface area (TPSA) is 35.5 Å². The lowest BCUT2D eigenvalue weighted by Gasteiger charge is -2.12. The molecule has 0 aliphatic carbocycles. The molecule has 0 atom stereocenters. The highest BCUT2D eigenvalue weighted by Gasteiger charge is 2.09. The zero-order valence-corrected chi connectivity index (χ0v) is 11.4. The summed E-state index contributed by atoms with van der Waals surface area (Å²) in [5.41, 5.74) is 2.61. The summed E-state index contributed by atoms with van der Waals surface area (Å²) in [6, 6.07) is 10.0. The van der Waals surface area contributed by atoms with Crippen molar-refractivity contribution in [3.63, 3.8) is 0 Å². The van der Waals surface area contributed by atoms with E-state index in [1.165, 1.54) is 12.1 Å². The van der Waals surface area contributed by atoms with Crippen LogP contribution in [0, 0.1) is 5.82 Å². The van der Waals surface area contributed by atoms with Crippen molar-refractivity contribution >= 4 is 6.29 Å². The van der Waals surface area contributed by atoms with Gasteiger partial charge in [0.05, 0.1) is 19.3 Å². The van der Waals surface area contributed by atoms with Gasteiger partial charge in [0.15, 0.2) is 6.29 Å². The first-order chi connectivity index (χ1) is 9.69. The molecule has 0 aromatic heterocycles. The first kappa shape index (κ1) is 14.2. The molecule has 0 spiro atoms. The van der Waals surface area contributed by atoms with Crippen molar-refractivity contribution in [1.29, 1.82) is 0 Å². The quantitative estimate of drug-likeness (QED) is 0.783. The van der Waals surface area contributed by atoms with Gasteiger partial charge in [0.1, 0.15) is 11.6 Å². The summed E-state index contributed by atoms with van der Waals surface area (Å²) in [7, 11) is 3.19. The lowest BCUT2D eigenvalue weighted by atomic mass is 9.98. The number of carbonyl (C=O) groups is 1. The fraction of sp³-hybridized carbons (Fsp3) is 0.188. The predicted molar refractivity (Wildman–Crippen MR) is 74.5 cm³/mol. The van der Waals surface area contributed by atoms with Crippen LogP contribution in [-0.4, -0.2) is 20.5 Å². The van der Waals surface area contributed by atoms with Crippen LogP contribution in [0.3, 0.4) is 0 Å². The monoisotopic (exact) mass is 274 g/mol. The van der Waals surface area contributed by atoms with Crippen LogP contribution in [-0.2, 0) is 11.3 Å². The number of ether oxygens (including phenoxy) is 2. The molecular formula is C16H15FO3. The molecule has 0 saturated heterocycles. The summed E-state index contributed by atoms with van der Waals surface area (Å²) in [4.78, 5) is 10.8. The van der Waals surface area contributed by atoms with E-state index >= 15 is 0 Å². The number of halogens is 1. The zero-order chi connectivity index (χ0) is 14.5. The van der Waals surface area contributed by atoms with Crippen LogP contribution >= 0.6 is 0 Å². The van der Waals surface area contributed by atoms with Gasteiger partial charge < -0.3 is 9.47 Å². The Labute approximate surface area is 117 Å². The number of rotatable bonds is 5. The maximum absolute atomic E-state index is 13.4. The molecule has 0 N–H and O–H groups in total. The first-order valence-electron chi connectivity index (χ1n) is 6.10. The van der Waals surface area contributed by atoms with Gasteiger partial charge in [0.25, 0.3) is 0 Å². The van der Waals surface area contributed by atoms with Crippen molar-refractivity contribution in [2.45, 2.75) is 6.61 Å². The van der Waals surface area contributed by atoms with E-state index in [1.54, 1.807) is 20.3 Å².